The quantitative estimate of drug-likeness (QED) is 0.671. The van der Waals surface area contributed by atoms with Crippen LogP contribution >= 0.6 is 0 Å². The maximum absolute atomic E-state index is 3.49. The van der Waals surface area contributed by atoms with E-state index in [0.717, 1.165) is 5.92 Å². The van der Waals surface area contributed by atoms with Gasteiger partial charge in [0, 0.05) is 17.9 Å². The molecular formula is C10H16N2. The molecule has 1 N–H and O–H groups in total. The Morgan fingerprint density at radius 1 is 1.58 bits per heavy atom. The summed E-state index contributed by atoms with van der Waals surface area (Å²) >= 11 is 0. The predicted octanol–water partition coefficient (Wildman–Crippen LogP) is 2.00. The maximum Gasteiger partial charge on any atom is 0.0451 e. The smallest absolute Gasteiger partial charge is 0.0451 e. The van der Waals surface area contributed by atoms with E-state index in [4.69, 9.17) is 0 Å². The Morgan fingerprint density at radius 2 is 2.42 bits per heavy atom. The van der Waals surface area contributed by atoms with Crippen LogP contribution in [-0.4, -0.2) is 10.7 Å². The van der Waals surface area contributed by atoms with E-state index in [2.05, 4.69) is 42.3 Å². The third-order valence-electron chi connectivity index (χ3n) is 2.65. The van der Waals surface area contributed by atoms with Gasteiger partial charge in [-0.05, 0) is 30.9 Å². The lowest BCUT2D eigenvalue weighted by molar-refractivity contribution is 0.426. The van der Waals surface area contributed by atoms with E-state index in [1.54, 1.807) is 0 Å². The Labute approximate surface area is 73.6 Å². The molecule has 1 aromatic heterocycles. The third-order valence-corrected chi connectivity index (χ3v) is 2.65. The van der Waals surface area contributed by atoms with Gasteiger partial charge in [0.25, 0.3) is 0 Å². The SMILES string of the molecule is CC(C)C1CCc2cccn2N1. The molecule has 1 aliphatic heterocycles. The second-order valence-electron chi connectivity index (χ2n) is 3.89. The van der Waals surface area contributed by atoms with E-state index in [1.165, 1.54) is 18.5 Å². The molecule has 0 fully saturated rings. The second kappa shape index (κ2) is 2.85. The fourth-order valence-corrected chi connectivity index (χ4v) is 1.77. The highest BCUT2D eigenvalue weighted by Gasteiger charge is 2.18. The van der Waals surface area contributed by atoms with Crippen molar-refractivity contribution in [1.29, 1.82) is 0 Å². The number of hydrogen-bond donors (Lipinski definition) is 1. The van der Waals surface area contributed by atoms with Gasteiger partial charge < -0.3 is 5.43 Å². The van der Waals surface area contributed by atoms with E-state index in [-0.39, 0.29) is 0 Å². The van der Waals surface area contributed by atoms with Crippen LogP contribution < -0.4 is 5.43 Å². The van der Waals surface area contributed by atoms with Crippen molar-refractivity contribution in [2.24, 2.45) is 5.92 Å². The summed E-state index contributed by atoms with van der Waals surface area (Å²) in [6.45, 7) is 4.54. The van der Waals surface area contributed by atoms with Crippen molar-refractivity contribution in [3.05, 3.63) is 24.0 Å². The number of aryl methyl sites for hydroxylation is 1. The summed E-state index contributed by atoms with van der Waals surface area (Å²) in [6.07, 6.45) is 4.58. The zero-order valence-electron chi connectivity index (χ0n) is 7.75. The number of nitrogens with zero attached hydrogens (tertiary/aromatic N) is 1. The topological polar surface area (TPSA) is 17.0 Å². The van der Waals surface area contributed by atoms with Gasteiger partial charge in [0.2, 0.25) is 0 Å². The molecule has 2 rings (SSSR count). The van der Waals surface area contributed by atoms with Crippen molar-refractivity contribution in [3.63, 3.8) is 0 Å². The van der Waals surface area contributed by atoms with Gasteiger partial charge in [0.1, 0.15) is 0 Å². The average Bonchev–Trinajstić information content (AvgIpc) is 2.49. The van der Waals surface area contributed by atoms with Crippen molar-refractivity contribution < 1.29 is 0 Å². The highest BCUT2D eigenvalue weighted by Crippen LogP contribution is 2.17. The summed E-state index contributed by atoms with van der Waals surface area (Å²) in [5.74, 6) is 0.723. The summed E-state index contributed by atoms with van der Waals surface area (Å²) in [6, 6.07) is 4.93. The van der Waals surface area contributed by atoms with E-state index < -0.39 is 0 Å². The number of hydrogen-bond acceptors (Lipinski definition) is 1. The van der Waals surface area contributed by atoms with E-state index in [0.29, 0.717) is 6.04 Å². The first-order valence-corrected chi connectivity index (χ1v) is 4.70. The van der Waals surface area contributed by atoms with Gasteiger partial charge in [-0.1, -0.05) is 13.8 Å². The van der Waals surface area contributed by atoms with Crippen LogP contribution in [0.2, 0.25) is 0 Å². The summed E-state index contributed by atoms with van der Waals surface area (Å²) < 4.78 is 2.16. The molecule has 1 aliphatic rings. The number of fused-ring (bicyclic) bond motifs is 1. The van der Waals surface area contributed by atoms with Crippen molar-refractivity contribution in [1.82, 2.24) is 4.68 Å². The van der Waals surface area contributed by atoms with Gasteiger partial charge in [-0.15, -0.1) is 0 Å². The van der Waals surface area contributed by atoms with Gasteiger partial charge in [-0.3, -0.25) is 4.68 Å². The van der Waals surface area contributed by atoms with E-state index in [1.807, 2.05) is 0 Å². The minimum atomic E-state index is 0.643. The molecule has 66 valence electrons. The molecule has 1 unspecified atom stereocenters. The summed E-state index contributed by atoms with van der Waals surface area (Å²) in [7, 11) is 0. The minimum Gasteiger partial charge on any atom is -0.323 e. The fourth-order valence-electron chi connectivity index (χ4n) is 1.77. The summed E-state index contributed by atoms with van der Waals surface area (Å²) in [5.41, 5.74) is 4.90. The fraction of sp³-hybridized carbons (Fsp3) is 0.600. The molecule has 2 heterocycles. The summed E-state index contributed by atoms with van der Waals surface area (Å²) in [4.78, 5) is 0. The van der Waals surface area contributed by atoms with Crippen LogP contribution in [0.25, 0.3) is 0 Å². The second-order valence-corrected chi connectivity index (χ2v) is 3.89. The Balaban J connectivity index is 2.15. The van der Waals surface area contributed by atoms with Crippen molar-refractivity contribution in [2.75, 3.05) is 5.43 Å². The molecule has 1 aromatic rings. The van der Waals surface area contributed by atoms with Crippen LogP contribution in [-0.2, 0) is 6.42 Å². The highest BCUT2D eigenvalue weighted by atomic mass is 15.4. The van der Waals surface area contributed by atoms with E-state index in [9.17, 15) is 0 Å². The van der Waals surface area contributed by atoms with Crippen LogP contribution in [0.5, 0.6) is 0 Å². The van der Waals surface area contributed by atoms with Crippen LogP contribution in [0.1, 0.15) is 26.0 Å². The van der Waals surface area contributed by atoms with E-state index >= 15 is 0 Å². The normalized spacial score (nSPS) is 22.1. The molecule has 0 radical (unpaired) electrons. The minimum absolute atomic E-state index is 0.643. The Hall–Kier alpha value is -0.920. The number of nitrogens with one attached hydrogen (secondary N) is 1. The van der Waals surface area contributed by atoms with Gasteiger partial charge in [0.15, 0.2) is 0 Å². The molecule has 0 bridgehead atoms. The first-order chi connectivity index (χ1) is 5.77. The van der Waals surface area contributed by atoms with Crippen molar-refractivity contribution in [3.8, 4) is 0 Å². The standard InChI is InChI=1S/C10H16N2/c1-8(2)10-6-5-9-4-3-7-12(9)11-10/h3-4,7-8,10-11H,5-6H2,1-2H3. The summed E-state index contributed by atoms with van der Waals surface area (Å²) in [5, 5.41) is 0. The molecule has 0 saturated heterocycles. The predicted molar refractivity (Wildman–Crippen MR) is 50.7 cm³/mol. The molecule has 2 heteroatoms. The average molecular weight is 164 g/mol. The molecule has 0 aliphatic carbocycles. The lowest BCUT2D eigenvalue weighted by Crippen LogP contribution is -2.37. The van der Waals surface area contributed by atoms with Crippen LogP contribution in [0.3, 0.4) is 0 Å². The van der Waals surface area contributed by atoms with Gasteiger partial charge in [0.05, 0.1) is 0 Å². The lowest BCUT2D eigenvalue weighted by atomic mass is 9.98. The maximum atomic E-state index is 3.49. The molecule has 0 aromatic carbocycles. The lowest BCUT2D eigenvalue weighted by Gasteiger charge is -2.29. The molecule has 0 amide bonds. The Morgan fingerprint density at radius 3 is 3.17 bits per heavy atom. The molecule has 2 nitrogen and oxygen atoms in total. The Bertz CT molecular complexity index is 263. The third kappa shape index (κ3) is 1.22. The van der Waals surface area contributed by atoms with Crippen LogP contribution in [0.15, 0.2) is 18.3 Å². The first kappa shape index (κ1) is 7.71. The highest BCUT2D eigenvalue weighted by molar-refractivity contribution is 5.13. The van der Waals surface area contributed by atoms with Crippen LogP contribution in [0.4, 0.5) is 0 Å². The molecule has 12 heavy (non-hydrogen) atoms. The molecule has 0 saturated carbocycles. The first-order valence-electron chi connectivity index (χ1n) is 4.70. The number of rotatable bonds is 1. The van der Waals surface area contributed by atoms with Gasteiger partial charge in [-0.2, -0.15) is 0 Å². The van der Waals surface area contributed by atoms with Crippen LogP contribution in [0, 0.1) is 5.92 Å². The Kier molecular flexibility index (Phi) is 1.83. The van der Waals surface area contributed by atoms with Gasteiger partial charge >= 0.3 is 0 Å². The van der Waals surface area contributed by atoms with Crippen molar-refractivity contribution >= 4 is 0 Å². The largest absolute Gasteiger partial charge is 0.323 e. The molecule has 1 atom stereocenters. The molecular weight excluding hydrogens is 148 g/mol. The molecule has 0 spiro atoms. The zero-order valence-corrected chi connectivity index (χ0v) is 7.75. The zero-order chi connectivity index (χ0) is 8.55. The monoisotopic (exact) mass is 164 g/mol. The van der Waals surface area contributed by atoms with Crippen molar-refractivity contribution in [2.45, 2.75) is 32.7 Å². The van der Waals surface area contributed by atoms with Gasteiger partial charge in [-0.25, -0.2) is 0 Å². The number of aromatic nitrogens is 1.